The number of benzene rings is 1. The highest BCUT2D eigenvalue weighted by molar-refractivity contribution is 5.95. The third kappa shape index (κ3) is 4.13. The molecule has 0 aliphatic carbocycles. The van der Waals surface area contributed by atoms with E-state index < -0.39 is 6.04 Å². The first-order valence-corrected chi connectivity index (χ1v) is 8.13. The molecule has 130 valence electrons. The number of anilines is 2. The summed E-state index contributed by atoms with van der Waals surface area (Å²) in [7, 11) is 0. The van der Waals surface area contributed by atoms with Crippen molar-refractivity contribution < 1.29 is 9.59 Å². The lowest BCUT2D eigenvalue weighted by Gasteiger charge is -2.27. The number of rotatable bonds is 4. The molecule has 25 heavy (non-hydrogen) atoms. The van der Waals surface area contributed by atoms with E-state index in [0.29, 0.717) is 24.6 Å². The lowest BCUT2D eigenvalue weighted by atomic mass is 10.1. The maximum absolute atomic E-state index is 12.3. The average Bonchev–Trinajstić information content (AvgIpc) is 2.62. The fraction of sp³-hybridized carbons (Fsp3) is 0.278. The number of aromatic nitrogens is 1. The molecule has 1 unspecified atom stereocenters. The average molecular weight is 339 g/mol. The number of nitrogens with two attached hydrogens (primary N) is 1. The molecule has 0 saturated carbocycles. The van der Waals surface area contributed by atoms with Gasteiger partial charge in [0.2, 0.25) is 11.8 Å². The molecule has 4 N–H and O–H groups in total. The maximum Gasteiger partial charge on any atom is 0.245 e. The monoisotopic (exact) mass is 339 g/mol. The van der Waals surface area contributed by atoms with Gasteiger partial charge < -0.3 is 21.3 Å². The molecule has 0 spiro atoms. The second kappa shape index (κ2) is 7.31. The van der Waals surface area contributed by atoms with Crippen molar-refractivity contribution in [2.45, 2.75) is 13.0 Å². The van der Waals surface area contributed by atoms with Crippen LogP contribution in [0.25, 0.3) is 0 Å². The molecular weight excluding hydrogens is 318 g/mol. The van der Waals surface area contributed by atoms with Crippen molar-refractivity contribution in [3.05, 3.63) is 53.7 Å². The topological polar surface area (TPSA) is 100 Å². The Morgan fingerprint density at radius 3 is 2.68 bits per heavy atom. The van der Waals surface area contributed by atoms with Gasteiger partial charge in [0.25, 0.3) is 0 Å². The molecule has 1 aliphatic rings. The van der Waals surface area contributed by atoms with Gasteiger partial charge in [0.15, 0.2) is 0 Å². The number of nitrogens with zero attached hydrogens (tertiary/aromatic N) is 2. The molecule has 1 aliphatic heterocycles. The van der Waals surface area contributed by atoms with Crippen LogP contribution in [0.1, 0.15) is 17.2 Å². The van der Waals surface area contributed by atoms with Crippen LogP contribution in [0.3, 0.4) is 0 Å². The number of piperazine rings is 1. The molecule has 1 aromatic heterocycles. The van der Waals surface area contributed by atoms with Crippen LogP contribution < -0.4 is 21.3 Å². The number of carbonyl (C=O) groups excluding carboxylic acids is 2. The Hall–Kier alpha value is -2.93. The van der Waals surface area contributed by atoms with Gasteiger partial charge in [-0.2, -0.15) is 0 Å². The zero-order valence-corrected chi connectivity index (χ0v) is 14.0. The Labute approximate surface area is 146 Å². The van der Waals surface area contributed by atoms with E-state index in [2.05, 4.69) is 15.6 Å². The molecule has 1 aromatic carbocycles. The smallest absolute Gasteiger partial charge is 0.245 e. The van der Waals surface area contributed by atoms with E-state index in [4.69, 9.17) is 5.73 Å². The van der Waals surface area contributed by atoms with Gasteiger partial charge in [-0.05, 0) is 24.6 Å². The molecule has 1 atom stereocenters. The van der Waals surface area contributed by atoms with E-state index in [1.807, 2.05) is 36.1 Å². The van der Waals surface area contributed by atoms with Crippen LogP contribution in [0.15, 0.2) is 42.6 Å². The SMILES string of the molecule is Cc1ccc(C(N)C(=O)Nc2ccc(N3CCNC(=O)C3)nc2)cc1. The normalized spacial score (nSPS) is 15.4. The van der Waals surface area contributed by atoms with Crippen LogP contribution >= 0.6 is 0 Å². The summed E-state index contributed by atoms with van der Waals surface area (Å²) in [5.74, 6) is 0.390. The lowest BCUT2D eigenvalue weighted by Crippen LogP contribution is -2.48. The van der Waals surface area contributed by atoms with Crippen molar-refractivity contribution in [3.63, 3.8) is 0 Å². The molecule has 2 aromatic rings. The van der Waals surface area contributed by atoms with Crippen molar-refractivity contribution in [3.8, 4) is 0 Å². The molecule has 2 heterocycles. The molecule has 1 fully saturated rings. The van der Waals surface area contributed by atoms with Gasteiger partial charge in [-0.25, -0.2) is 4.98 Å². The lowest BCUT2D eigenvalue weighted by molar-refractivity contribution is -0.120. The molecule has 7 heteroatoms. The first-order valence-electron chi connectivity index (χ1n) is 8.13. The summed E-state index contributed by atoms with van der Waals surface area (Å²) < 4.78 is 0. The van der Waals surface area contributed by atoms with Crippen LogP contribution in [0.5, 0.6) is 0 Å². The van der Waals surface area contributed by atoms with E-state index in [0.717, 1.165) is 11.1 Å². The third-order valence-electron chi connectivity index (χ3n) is 4.10. The van der Waals surface area contributed by atoms with Gasteiger partial charge >= 0.3 is 0 Å². The predicted octanol–water partition coefficient (Wildman–Crippen LogP) is 0.965. The van der Waals surface area contributed by atoms with Gasteiger partial charge in [0, 0.05) is 13.1 Å². The zero-order chi connectivity index (χ0) is 17.8. The summed E-state index contributed by atoms with van der Waals surface area (Å²) in [4.78, 5) is 30.0. The van der Waals surface area contributed by atoms with Crippen molar-refractivity contribution >= 4 is 23.3 Å². The second-order valence-electron chi connectivity index (χ2n) is 6.05. The highest BCUT2D eigenvalue weighted by atomic mass is 16.2. The largest absolute Gasteiger partial charge is 0.353 e. The van der Waals surface area contributed by atoms with Gasteiger partial charge in [0.1, 0.15) is 11.9 Å². The van der Waals surface area contributed by atoms with Crippen molar-refractivity contribution in [1.29, 1.82) is 0 Å². The standard InChI is InChI=1S/C18H21N5O2/c1-12-2-4-13(5-3-12)17(19)18(25)22-14-6-7-15(21-10-14)23-9-8-20-16(24)11-23/h2-7,10,17H,8-9,11,19H2,1H3,(H,20,24)(H,22,25). The van der Waals surface area contributed by atoms with E-state index in [-0.39, 0.29) is 18.4 Å². The number of amides is 2. The summed E-state index contributed by atoms with van der Waals surface area (Å²) in [5.41, 5.74) is 8.45. The molecule has 3 rings (SSSR count). The van der Waals surface area contributed by atoms with Crippen molar-refractivity contribution in [2.24, 2.45) is 5.73 Å². The highest BCUT2D eigenvalue weighted by Crippen LogP contribution is 2.17. The molecule has 2 amide bonds. The van der Waals surface area contributed by atoms with Crippen LogP contribution in [-0.4, -0.2) is 36.4 Å². The Bertz CT molecular complexity index is 758. The number of hydrogen-bond donors (Lipinski definition) is 3. The Morgan fingerprint density at radius 2 is 2.04 bits per heavy atom. The molecule has 7 nitrogen and oxygen atoms in total. The Balaban J connectivity index is 1.63. The summed E-state index contributed by atoms with van der Waals surface area (Å²) in [5, 5.41) is 5.54. The van der Waals surface area contributed by atoms with Crippen LogP contribution in [0.2, 0.25) is 0 Å². The minimum atomic E-state index is -0.744. The van der Waals surface area contributed by atoms with Crippen LogP contribution in [0, 0.1) is 6.92 Å². The quantitative estimate of drug-likeness (QED) is 0.770. The van der Waals surface area contributed by atoms with Gasteiger partial charge in [0.05, 0.1) is 18.4 Å². The summed E-state index contributed by atoms with van der Waals surface area (Å²) in [6, 6.07) is 10.3. The van der Waals surface area contributed by atoms with Gasteiger partial charge in [-0.15, -0.1) is 0 Å². The number of aryl methyl sites for hydroxylation is 1. The Kier molecular flexibility index (Phi) is 4.95. The molecular formula is C18H21N5O2. The van der Waals surface area contributed by atoms with E-state index in [9.17, 15) is 9.59 Å². The number of hydrogen-bond acceptors (Lipinski definition) is 5. The summed E-state index contributed by atoms with van der Waals surface area (Å²) in [6.45, 7) is 3.58. The summed E-state index contributed by atoms with van der Waals surface area (Å²) in [6.07, 6.45) is 1.57. The van der Waals surface area contributed by atoms with Gasteiger partial charge in [-0.1, -0.05) is 29.8 Å². The minimum Gasteiger partial charge on any atom is -0.353 e. The third-order valence-corrected chi connectivity index (χ3v) is 4.10. The van der Waals surface area contributed by atoms with Gasteiger partial charge in [-0.3, -0.25) is 9.59 Å². The fourth-order valence-electron chi connectivity index (χ4n) is 2.63. The van der Waals surface area contributed by atoms with E-state index in [1.54, 1.807) is 18.3 Å². The van der Waals surface area contributed by atoms with Crippen LogP contribution in [-0.2, 0) is 9.59 Å². The number of carbonyl (C=O) groups is 2. The molecule has 0 bridgehead atoms. The Morgan fingerprint density at radius 1 is 1.28 bits per heavy atom. The first kappa shape index (κ1) is 16.9. The minimum absolute atomic E-state index is 0.0190. The van der Waals surface area contributed by atoms with E-state index >= 15 is 0 Å². The van der Waals surface area contributed by atoms with Crippen molar-refractivity contribution in [2.75, 3.05) is 29.9 Å². The van der Waals surface area contributed by atoms with E-state index in [1.165, 1.54) is 0 Å². The van der Waals surface area contributed by atoms with Crippen molar-refractivity contribution in [1.82, 2.24) is 10.3 Å². The number of nitrogens with one attached hydrogen (secondary N) is 2. The molecule has 1 saturated heterocycles. The number of pyridine rings is 1. The summed E-state index contributed by atoms with van der Waals surface area (Å²) >= 11 is 0. The van der Waals surface area contributed by atoms with Crippen LogP contribution in [0.4, 0.5) is 11.5 Å². The zero-order valence-electron chi connectivity index (χ0n) is 14.0. The predicted molar refractivity (Wildman–Crippen MR) is 96.2 cm³/mol. The fourth-order valence-corrected chi connectivity index (χ4v) is 2.63. The first-order chi connectivity index (χ1) is 12.0. The second-order valence-corrected chi connectivity index (χ2v) is 6.05. The maximum atomic E-state index is 12.3. The molecule has 0 radical (unpaired) electrons. The highest BCUT2D eigenvalue weighted by Gasteiger charge is 2.18.